The largest absolute Gasteiger partial charge is 0.415 e. The molecule has 3 aromatic carbocycles. The summed E-state index contributed by atoms with van der Waals surface area (Å²) in [6.07, 6.45) is 0.525. The van der Waals surface area contributed by atoms with E-state index in [1.54, 1.807) is 6.07 Å². The molecule has 30 heavy (non-hydrogen) atoms. The van der Waals surface area contributed by atoms with E-state index >= 15 is 0 Å². The molecule has 5 aromatic rings. The number of rotatable bonds is 4. The van der Waals surface area contributed by atoms with Crippen LogP contribution in [-0.2, 0) is 6.42 Å². The Morgan fingerprint density at radius 3 is 2.50 bits per heavy atom. The van der Waals surface area contributed by atoms with E-state index in [4.69, 9.17) is 4.42 Å². The van der Waals surface area contributed by atoms with Gasteiger partial charge in [0.15, 0.2) is 0 Å². The summed E-state index contributed by atoms with van der Waals surface area (Å²) in [4.78, 5) is 31.3. The fraction of sp³-hybridized carbons (Fsp3) is 0.0435. The van der Waals surface area contributed by atoms with Crippen LogP contribution < -0.4 is 5.63 Å². The van der Waals surface area contributed by atoms with Crippen LogP contribution in [0.4, 0.5) is 5.69 Å². The number of nitro benzene ring substituents is 1. The van der Waals surface area contributed by atoms with E-state index in [0.717, 1.165) is 22.2 Å². The van der Waals surface area contributed by atoms with Gasteiger partial charge in [-0.25, -0.2) is 9.78 Å². The first-order valence-corrected chi connectivity index (χ1v) is 9.33. The summed E-state index contributed by atoms with van der Waals surface area (Å²) < 4.78 is 5.38. The zero-order chi connectivity index (χ0) is 20.7. The Kier molecular flexibility index (Phi) is 4.14. The molecular formula is C23H15N3O4. The van der Waals surface area contributed by atoms with Crippen LogP contribution in [0.25, 0.3) is 33.4 Å². The average molecular weight is 397 g/mol. The van der Waals surface area contributed by atoms with E-state index in [-0.39, 0.29) is 16.8 Å². The second kappa shape index (κ2) is 6.97. The highest BCUT2D eigenvalue weighted by atomic mass is 16.6. The Labute approximate surface area is 169 Å². The molecule has 7 nitrogen and oxygen atoms in total. The second-order valence-corrected chi connectivity index (χ2v) is 7.00. The number of nitrogens with zero attached hydrogens (tertiary/aromatic N) is 2. The molecule has 0 spiro atoms. The van der Waals surface area contributed by atoms with Crippen LogP contribution in [0.5, 0.6) is 0 Å². The molecule has 0 aliphatic heterocycles. The van der Waals surface area contributed by atoms with Crippen molar-refractivity contribution in [2.24, 2.45) is 0 Å². The molecule has 5 rings (SSSR count). The van der Waals surface area contributed by atoms with Gasteiger partial charge in [-0.3, -0.25) is 10.1 Å². The first-order valence-electron chi connectivity index (χ1n) is 9.33. The van der Waals surface area contributed by atoms with E-state index in [9.17, 15) is 14.9 Å². The molecule has 0 bridgehead atoms. The predicted octanol–water partition coefficient (Wildman–Crippen LogP) is 4.84. The number of H-pyrrole nitrogens is 1. The van der Waals surface area contributed by atoms with E-state index in [2.05, 4.69) is 9.97 Å². The lowest BCUT2D eigenvalue weighted by atomic mass is 10.0. The lowest BCUT2D eigenvalue weighted by Crippen LogP contribution is -2.05. The highest BCUT2D eigenvalue weighted by Crippen LogP contribution is 2.30. The van der Waals surface area contributed by atoms with Crippen LogP contribution in [-0.4, -0.2) is 14.9 Å². The van der Waals surface area contributed by atoms with Gasteiger partial charge in [0.2, 0.25) is 5.58 Å². The number of fused-ring (bicyclic) bond motifs is 2. The number of aromatic nitrogens is 2. The zero-order valence-corrected chi connectivity index (χ0v) is 15.7. The molecule has 0 atom stereocenters. The van der Waals surface area contributed by atoms with Crippen LogP contribution in [0.15, 0.2) is 82.0 Å². The maximum absolute atomic E-state index is 12.6. The third-order valence-electron chi connectivity index (χ3n) is 4.96. The molecular weight excluding hydrogens is 382 g/mol. The van der Waals surface area contributed by atoms with Crippen molar-refractivity contribution in [2.75, 3.05) is 0 Å². The summed E-state index contributed by atoms with van der Waals surface area (Å²) in [5.41, 5.74) is 2.57. The fourth-order valence-corrected chi connectivity index (χ4v) is 3.59. The van der Waals surface area contributed by atoms with Crippen molar-refractivity contribution in [3.63, 3.8) is 0 Å². The van der Waals surface area contributed by atoms with Gasteiger partial charge in [-0.05, 0) is 41.8 Å². The molecule has 0 unspecified atom stereocenters. The monoisotopic (exact) mass is 397 g/mol. The van der Waals surface area contributed by atoms with Gasteiger partial charge in [0.25, 0.3) is 0 Å². The number of aromatic amines is 1. The molecule has 1 N–H and O–H groups in total. The summed E-state index contributed by atoms with van der Waals surface area (Å²) in [5, 5.41) is 12.1. The number of imidazole rings is 1. The summed E-state index contributed by atoms with van der Waals surface area (Å²) in [6.45, 7) is 0. The average Bonchev–Trinajstić information content (AvgIpc) is 3.17. The number of hydrogen-bond acceptors (Lipinski definition) is 5. The lowest BCUT2D eigenvalue weighted by molar-refractivity contribution is -0.383. The molecule has 0 aliphatic rings. The van der Waals surface area contributed by atoms with Gasteiger partial charge in [0.1, 0.15) is 11.4 Å². The Morgan fingerprint density at radius 1 is 0.967 bits per heavy atom. The number of nitro groups is 1. The standard InChI is InChI=1S/C23H15N3O4/c27-23-17(22-24-18-8-4-5-9-19(18)25-22)13-16-11-15(10-14-6-2-1-3-7-14)12-20(26(28)29)21(16)30-23/h1-9,11-13H,10H2,(H,24,25). The molecule has 0 amide bonds. The fourth-order valence-electron chi connectivity index (χ4n) is 3.59. The van der Waals surface area contributed by atoms with Crippen molar-refractivity contribution in [1.82, 2.24) is 9.97 Å². The maximum atomic E-state index is 12.6. The minimum absolute atomic E-state index is 0.0401. The van der Waals surface area contributed by atoms with Crippen molar-refractivity contribution in [1.29, 1.82) is 0 Å². The van der Waals surface area contributed by atoms with E-state index in [0.29, 0.717) is 17.6 Å². The first-order chi connectivity index (χ1) is 14.6. The zero-order valence-electron chi connectivity index (χ0n) is 15.7. The normalized spacial score (nSPS) is 11.2. The number of para-hydroxylation sites is 2. The van der Waals surface area contributed by atoms with Gasteiger partial charge in [-0.1, -0.05) is 42.5 Å². The number of non-ortho nitro benzene ring substituents is 1. The van der Waals surface area contributed by atoms with Crippen molar-refractivity contribution >= 4 is 27.7 Å². The Balaban J connectivity index is 1.69. The van der Waals surface area contributed by atoms with Gasteiger partial charge in [0.05, 0.1) is 16.0 Å². The Bertz CT molecular complexity index is 1440. The van der Waals surface area contributed by atoms with Crippen molar-refractivity contribution in [3.05, 3.63) is 104 Å². The smallest absolute Gasteiger partial charge is 0.347 e. The minimum atomic E-state index is -0.680. The van der Waals surface area contributed by atoms with Gasteiger partial charge in [-0.2, -0.15) is 0 Å². The van der Waals surface area contributed by atoms with Crippen LogP contribution in [0.2, 0.25) is 0 Å². The summed E-state index contributed by atoms with van der Waals surface area (Å²) in [7, 11) is 0. The number of benzene rings is 3. The molecule has 0 saturated heterocycles. The third-order valence-corrected chi connectivity index (χ3v) is 4.96. The van der Waals surface area contributed by atoms with Gasteiger partial charge in [-0.15, -0.1) is 0 Å². The molecule has 2 aromatic heterocycles. The van der Waals surface area contributed by atoms with Crippen molar-refractivity contribution in [2.45, 2.75) is 6.42 Å². The van der Waals surface area contributed by atoms with Crippen LogP contribution in [0.3, 0.4) is 0 Å². The maximum Gasteiger partial charge on any atom is 0.347 e. The molecule has 0 fully saturated rings. The SMILES string of the molecule is O=c1oc2c([N+](=O)[O-])cc(Cc3ccccc3)cc2cc1-c1nc2ccccc2[nH]1. The topological polar surface area (TPSA) is 102 Å². The van der Waals surface area contributed by atoms with Gasteiger partial charge < -0.3 is 9.40 Å². The minimum Gasteiger partial charge on any atom is -0.415 e. The van der Waals surface area contributed by atoms with E-state index < -0.39 is 10.5 Å². The Morgan fingerprint density at radius 2 is 1.73 bits per heavy atom. The molecule has 7 heteroatoms. The van der Waals surface area contributed by atoms with E-state index in [1.807, 2.05) is 60.7 Å². The van der Waals surface area contributed by atoms with Crippen LogP contribution in [0, 0.1) is 10.1 Å². The van der Waals surface area contributed by atoms with Gasteiger partial charge in [0, 0.05) is 11.5 Å². The quantitative estimate of drug-likeness (QED) is 0.266. The molecule has 0 radical (unpaired) electrons. The summed E-state index contributed by atoms with van der Waals surface area (Å²) >= 11 is 0. The lowest BCUT2D eigenvalue weighted by Gasteiger charge is -2.06. The number of nitrogens with one attached hydrogen (secondary N) is 1. The first kappa shape index (κ1) is 17.8. The van der Waals surface area contributed by atoms with Crippen LogP contribution in [0.1, 0.15) is 11.1 Å². The second-order valence-electron chi connectivity index (χ2n) is 7.00. The highest BCUT2D eigenvalue weighted by Gasteiger charge is 2.20. The van der Waals surface area contributed by atoms with Gasteiger partial charge >= 0.3 is 11.3 Å². The van der Waals surface area contributed by atoms with E-state index in [1.165, 1.54) is 6.07 Å². The van der Waals surface area contributed by atoms with Crippen molar-refractivity contribution in [3.8, 4) is 11.4 Å². The molecule has 2 heterocycles. The summed E-state index contributed by atoms with van der Waals surface area (Å²) in [6, 6.07) is 22.0. The van der Waals surface area contributed by atoms with Crippen LogP contribution >= 0.6 is 0 Å². The molecule has 0 saturated carbocycles. The molecule has 146 valence electrons. The highest BCUT2D eigenvalue weighted by molar-refractivity contribution is 5.89. The predicted molar refractivity (Wildman–Crippen MR) is 113 cm³/mol. The summed E-state index contributed by atoms with van der Waals surface area (Å²) in [5.74, 6) is 0.364. The molecule has 0 aliphatic carbocycles. The third kappa shape index (κ3) is 3.12. The number of hydrogen-bond donors (Lipinski definition) is 1. The van der Waals surface area contributed by atoms with Crippen molar-refractivity contribution < 1.29 is 9.34 Å². The Hall–Kier alpha value is -4.26.